The first-order chi connectivity index (χ1) is 9.95. The van der Waals surface area contributed by atoms with Gasteiger partial charge in [0.05, 0.1) is 11.5 Å². The molecule has 1 aliphatic heterocycles. The van der Waals surface area contributed by atoms with Gasteiger partial charge in [-0.05, 0) is 38.5 Å². The molecule has 1 saturated heterocycles. The molecule has 0 radical (unpaired) electrons. The number of benzene rings is 1. The maximum atomic E-state index is 12.8. The van der Waals surface area contributed by atoms with Crippen molar-refractivity contribution in [3.8, 4) is 6.07 Å². The molecular weight excluding hydrogens is 280 g/mol. The summed E-state index contributed by atoms with van der Waals surface area (Å²) in [6.45, 7) is 5.30. The Kier molecular flexibility index (Phi) is 4.63. The predicted octanol–water partition coefficient (Wildman–Crippen LogP) is 3.21. The van der Waals surface area contributed by atoms with Gasteiger partial charge in [-0.1, -0.05) is 30.3 Å². The molecule has 1 fully saturated rings. The van der Waals surface area contributed by atoms with Gasteiger partial charge in [0, 0.05) is 13.1 Å². The highest BCUT2D eigenvalue weighted by molar-refractivity contribution is 8.00. The van der Waals surface area contributed by atoms with Crippen molar-refractivity contribution in [2.45, 2.75) is 36.9 Å². The quantitative estimate of drug-likeness (QED) is 0.861. The minimum Gasteiger partial charge on any atom is -0.342 e. The second-order valence-corrected chi connectivity index (χ2v) is 7.28. The number of thioether (sulfide) groups is 1. The Morgan fingerprint density at radius 3 is 2.33 bits per heavy atom. The fraction of sp³-hybridized carbons (Fsp3) is 0.529. The fourth-order valence-electron chi connectivity index (χ4n) is 2.81. The zero-order valence-corrected chi connectivity index (χ0v) is 13.7. The fourth-order valence-corrected chi connectivity index (χ4v) is 3.49. The summed E-state index contributed by atoms with van der Waals surface area (Å²) in [4.78, 5) is 14.8. The second-order valence-electron chi connectivity index (χ2n) is 6.09. The van der Waals surface area contributed by atoms with Crippen LogP contribution < -0.4 is 0 Å². The standard InChI is InChI=1S/C17H22N2OS/c1-16(2,14-7-5-4-6-8-14)15(20)19-11-9-17(13-18,21-3)10-12-19/h4-8H,9-12H2,1-3H3. The molecule has 112 valence electrons. The molecule has 0 spiro atoms. The Labute approximate surface area is 131 Å². The van der Waals surface area contributed by atoms with Gasteiger partial charge in [-0.2, -0.15) is 5.26 Å². The van der Waals surface area contributed by atoms with E-state index in [1.807, 2.05) is 55.3 Å². The summed E-state index contributed by atoms with van der Waals surface area (Å²) in [6.07, 6.45) is 3.48. The molecule has 1 amide bonds. The van der Waals surface area contributed by atoms with Crippen LogP contribution in [0.2, 0.25) is 0 Å². The first-order valence-electron chi connectivity index (χ1n) is 7.26. The summed E-state index contributed by atoms with van der Waals surface area (Å²) in [5.41, 5.74) is 0.518. The van der Waals surface area contributed by atoms with Gasteiger partial charge in [0.15, 0.2) is 0 Å². The zero-order valence-electron chi connectivity index (χ0n) is 12.9. The number of likely N-dealkylation sites (tertiary alicyclic amines) is 1. The predicted molar refractivity (Wildman–Crippen MR) is 87.1 cm³/mol. The van der Waals surface area contributed by atoms with Gasteiger partial charge >= 0.3 is 0 Å². The van der Waals surface area contributed by atoms with E-state index < -0.39 is 5.41 Å². The normalized spacial score (nSPS) is 18.1. The molecule has 1 heterocycles. The molecule has 0 aliphatic carbocycles. The van der Waals surface area contributed by atoms with Crippen molar-refractivity contribution in [1.29, 1.82) is 5.26 Å². The lowest BCUT2D eigenvalue weighted by atomic mass is 9.82. The van der Waals surface area contributed by atoms with Crippen LogP contribution in [-0.2, 0) is 10.2 Å². The van der Waals surface area contributed by atoms with Crippen molar-refractivity contribution in [2.75, 3.05) is 19.3 Å². The number of rotatable bonds is 3. The molecule has 21 heavy (non-hydrogen) atoms. The second kappa shape index (κ2) is 6.11. The number of piperidine rings is 1. The van der Waals surface area contributed by atoms with Crippen molar-refractivity contribution < 1.29 is 4.79 Å². The van der Waals surface area contributed by atoms with Crippen LogP contribution in [0, 0.1) is 11.3 Å². The lowest BCUT2D eigenvalue weighted by Gasteiger charge is -2.39. The first kappa shape index (κ1) is 15.9. The Morgan fingerprint density at radius 2 is 1.86 bits per heavy atom. The van der Waals surface area contributed by atoms with Crippen molar-refractivity contribution in [3.63, 3.8) is 0 Å². The van der Waals surface area contributed by atoms with Crippen LogP contribution in [0.4, 0.5) is 0 Å². The molecule has 1 aromatic carbocycles. The third-order valence-electron chi connectivity index (χ3n) is 4.48. The lowest BCUT2D eigenvalue weighted by molar-refractivity contribution is -0.137. The van der Waals surface area contributed by atoms with Crippen LogP contribution in [0.15, 0.2) is 30.3 Å². The van der Waals surface area contributed by atoms with E-state index in [-0.39, 0.29) is 10.7 Å². The van der Waals surface area contributed by atoms with Gasteiger partial charge in [-0.25, -0.2) is 0 Å². The smallest absolute Gasteiger partial charge is 0.232 e. The van der Waals surface area contributed by atoms with Gasteiger partial charge in [-0.3, -0.25) is 4.79 Å². The zero-order chi connectivity index (χ0) is 15.5. The Balaban J connectivity index is 2.11. The number of hydrogen-bond donors (Lipinski definition) is 0. The summed E-state index contributed by atoms with van der Waals surface area (Å²) in [6, 6.07) is 12.3. The maximum absolute atomic E-state index is 12.8. The summed E-state index contributed by atoms with van der Waals surface area (Å²) in [5, 5.41) is 9.33. The van der Waals surface area contributed by atoms with E-state index in [0.717, 1.165) is 18.4 Å². The van der Waals surface area contributed by atoms with E-state index in [0.29, 0.717) is 13.1 Å². The molecule has 4 heteroatoms. The monoisotopic (exact) mass is 302 g/mol. The average molecular weight is 302 g/mol. The number of nitrogens with zero attached hydrogens (tertiary/aromatic N) is 2. The van der Waals surface area contributed by atoms with Crippen LogP contribution >= 0.6 is 11.8 Å². The summed E-state index contributed by atoms with van der Waals surface area (Å²) in [7, 11) is 0. The number of hydrogen-bond acceptors (Lipinski definition) is 3. The summed E-state index contributed by atoms with van der Waals surface area (Å²) < 4.78 is -0.312. The third kappa shape index (κ3) is 3.08. The van der Waals surface area contributed by atoms with Crippen LogP contribution in [0.3, 0.4) is 0 Å². The Hall–Kier alpha value is -1.47. The molecule has 0 aromatic heterocycles. The number of amides is 1. The van der Waals surface area contributed by atoms with E-state index in [1.54, 1.807) is 11.8 Å². The van der Waals surface area contributed by atoms with Gasteiger partial charge in [0.1, 0.15) is 4.75 Å². The topological polar surface area (TPSA) is 44.1 Å². The van der Waals surface area contributed by atoms with Crippen LogP contribution in [0.25, 0.3) is 0 Å². The van der Waals surface area contributed by atoms with E-state index in [4.69, 9.17) is 0 Å². The van der Waals surface area contributed by atoms with Crippen molar-refractivity contribution >= 4 is 17.7 Å². The largest absolute Gasteiger partial charge is 0.342 e. The van der Waals surface area contributed by atoms with Crippen molar-refractivity contribution in [2.24, 2.45) is 0 Å². The van der Waals surface area contributed by atoms with Gasteiger partial charge in [0.2, 0.25) is 5.91 Å². The molecule has 0 saturated carbocycles. The molecule has 0 atom stereocenters. The minimum absolute atomic E-state index is 0.154. The van der Waals surface area contributed by atoms with Crippen molar-refractivity contribution in [3.05, 3.63) is 35.9 Å². The molecule has 2 rings (SSSR count). The van der Waals surface area contributed by atoms with Crippen LogP contribution in [0.5, 0.6) is 0 Å². The third-order valence-corrected chi connectivity index (χ3v) is 5.76. The van der Waals surface area contributed by atoms with Gasteiger partial charge < -0.3 is 4.90 Å². The molecular formula is C17H22N2OS. The van der Waals surface area contributed by atoms with E-state index in [1.165, 1.54) is 0 Å². The van der Waals surface area contributed by atoms with Crippen molar-refractivity contribution in [1.82, 2.24) is 4.90 Å². The molecule has 0 bridgehead atoms. The molecule has 1 aliphatic rings. The van der Waals surface area contributed by atoms with Gasteiger partial charge in [0.25, 0.3) is 0 Å². The lowest BCUT2D eigenvalue weighted by Crippen LogP contribution is -2.50. The SMILES string of the molecule is CSC1(C#N)CCN(C(=O)C(C)(C)c2ccccc2)CC1. The number of carbonyl (C=O) groups is 1. The molecule has 3 nitrogen and oxygen atoms in total. The molecule has 0 N–H and O–H groups in total. The maximum Gasteiger partial charge on any atom is 0.232 e. The highest BCUT2D eigenvalue weighted by Crippen LogP contribution is 2.35. The van der Waals surface area contributed by atoms with E-state index in [9.17, 15) is 10.1 Å². The number of nitriles is 1. The summed E-state index contributed by atoms with van der Waals surface area (Å²) in [5.74, 6) is 0.154. The Bertz CT molecular complexity index is 540. The van der Waals surface area contributed by atoms with E-state index in [2.05, 4.69) is 6.07 Å². The first-order valence-corrected chi connectivity index (χ1v) is 8.49. The Morgan fingerprint density at radius 1 is 1.29 bits per heavy atom. The average Bonchev–Trinajstić information content (AvgIpc) is 2.55. The summed E-state index contributed by atoms with van der Waals surface area (Å²) >= 11 is 1.61. The number of carbonyl (C=O) groups excluding carboxylic acids is 1. The van der Waals surface area contributed by atoms with E-state index >= 15 is 0 Å². The highest BCUT2D eigenvalue weighted by Gasteiger charge is 2.39. The highest BCUT2D eigenvalue weighted by atomic mass is 32.2. The minimum atomic E-state index is -0.521. The van der Waals surface area contributed by atoms with Crippen LogP contribution in [-0.4, -0.2) is 34.9 Å². The molecule has 1 aromatic rings. The van der Waals surface area contributed by atoms with Gasteiger partial charge in [-0.15, -0.1) is 11.8 Å². The molecule has 0 unspecified atom stereocenters. The van der Waals surface area contributed by atoms with Crippen LogP contribution in [0.1, 0.15) is 32.3 Å².